The van der Waals surface area contributed by atoms with Crippen LogP contribution < -0.4 is 10.6 Å². The van der Waals surface area contributed by atoms with Crippen LogP contribution >= 0.6 is 11.3 Å². The number of carbonyl (C=O) groups is 2. The smallest absolute Gasteiger partial charge is 0.261 e. The first-order chi connectivity index (χ1) is 16.1. The molecule has 0 aliphatic carbocycles. The van der Waals surface area contributed by atoms with E-state index in [2.05, 4.69) is 41.4 Å². The Morgan fingerprint density at radius 3 is 2.53 bits per heavy atom. The van der Waals surface area contributed by atoms with Gasteiger partial charge in [-0.15, -0.1) is 11.3 Å². The van der Waals surface area contributed by atoms with Crippen molar-refractivity contribution >= 4 is 34.3 Å². The first-order valence-electron chi connectivity index (χ1n) is 11.2. The third-order valence-corrected chi connectivity index (χ3v) is 7.03. The molecule has 0 radical (unpaired) electrons. The molecule has 0 saturated heterocycles. The lowest BCUT2D eigenvalue weighted by molar-refractivity contribution is 0.0910. The number of thiophene rings is 1. The van der Waals surface area contributed by atoms with E-state index in [0.29, 0.717) is 33.8 Å². The molecule has 7 nitrogen and oxygen atoms in total. The summed E-state index contributed by atoms with van der Waals surface area (Å²) in [5, 5.41) is 6.00. The molecular weight excluding hydrogens is 446 g/mol. The molecule has 0 aliphatic heterocycles. The number of hydrogen-bond acceptors (Lipinski definition) is 5. The van der Waals surface area contributed by atoms with Crippen molar-refractivity contribution in [2.24, 2.45) is 5.41 Å². The van der Waals surface area contributed by atoms with Gasteiger partial charge in [0.05, 0.1) is 27.2 Å². The van der Waals surface area contributed by atoms with Crippen LogP contribution in [0.2, 0.25) is 0 Å². The number of benzene rings is 1. The van der Waals surface area contributed by atoms with Gasteiger partial charge >= 0.3 is 0 Å². The number of amides is 2. The molecule has 0 fully saturated rings. The third-order valence-electron chi connectivity index (χ3n) is 5.93. The molecule has 0 aliphatic rings. The predicted octanol–water partition coefficient (Wildman–Crippen LogP) is 5.09. The van der Waals surface area contributed by atoms with Crippen LogP contribution in [-0.4, -0.2) is 32.8 Å². The largest absolute Gasteiger partial charge is 0.349 e. The molecule has 0 bridgehead atoms. The molecule has 3 N–H and O–H groups in total. The minimum absolute atomic E-state index is 0.0145. The van der Waals surface area contributed by atoms with Crippen LogP contribution in [0.1, 0.15) is 58.9 Å². The van der Waals surface area contributed by atoms with Crippen LogP contribution in [-0.2, 0) is 6.54 Å². The third kappa shape index (κ3) is 5.17. The molecule has 3 heterocycles. The molecule has 3 aromatic heterocycles. The van der Waals surface area contributed by atoms with E-state index in [0.717, 1.165) is 10.4 Å². The zero-order chi connectivity index (χ0) is 24.5. The lowest BCUT2D eigenvalue weighted by Gasteiger charge is -2.27. The summed E-state index contributed by atoms with van der Waals surface area (Å²) < 4.78 is 0. The predicted molar refractivity (Wildman–Crippen MR) is 136 cm³/mol. The van der Waals surface area contributed by atoms with Gasteiger partial charge in [0.1, 0.15) is 5.52 Å². The standard InChI is InChI=1S/C26H29N5O2S/c1-15-6-8-17(9-7-15)12-29-25(33)21-11-10-20(34-21)19-14-28-23-22(31-19)18(13-27-23)24(32)30-16(2)26(3,4)5/h6-11,13-14,16H,12H2,1-5H3,(H,27,28)(H,29,33)(H,30,32)/t16-/m0/s1. The van der Waals surface area contributed by atoms with Crippen molar-refractivity contribution in [2.75, 3.05) is 0 Å². The summed E-state index contributed by atoms with van der Waals surface area (Å²) in [5.74, 6) is -0.328. The Labute approximate surface area is 203 Å². The first-order valence-corrected chi connectivity index (χ1v) is 12.0. The number of aryl methyl sites for hydroxylation is 1. The zero-order valence-corrected chi connectivity index (χ0v) is 20.8. The normalized spacial score (nSPS) is 12.5. The summed E-state index contributed by atoms with van der Waals surface area (Å²) in [6, 6.07) is 11.7. The maximum absolute atomic E-state index is 12.9. The zero-order valence-electron chi connectivity index (χ0n) is 20.0. The Balaban J connectivity index is 1.51. The van der Waals surface area contributed by atoms with Crippen molar-refractivity contribution in [2.45, 2.75) is 47.2 Å². The second kappa shape index (κ2) is 9.38. The summed E-state index contributed by atoms with van der Waals surface area (Å²) in [5.41, 5.74) is 4.29. The summed E-state index contributed by atoms with van der Waals surface area (Å²) in [7, 11) is 0. The number of H-pyrrole nitrogens is 1. The van der Waals surface area contributed by atoms with Crippen molar-refractivity contribution in [3.05, 3.63) is 70.4 Å². The van der Waals surface area contributed by atoms with Gasteiger partial charge < -0.3 is 15.6 Å². The van der Waals surface area contributed by atoms with Crippen molar-refractivity contribution in [3.63, 3.8) is 0 Å². The van der Waals surface area contributed by atoms with Gasteiger partial charge in [0.2, 0.25) is 0 Å². The van der Waals surface area contributed by atoms with E-state index in [9.17, 15) is 9.59 Å². The van der Waals surface area contributed by atoms with Crippen molar-refractivity contribution in [1.82, 2.24) is 25.6 Å². The molecule has 0 saturated carbocycles. The monoisotopic (exact) mass is 475 g/mol. The molecule has 0 spiro atoms. The fourth-order valence-electron chi connectivity index (χ4n) is 3.25. The number of aromatic amines is 1. The first kappa shape index (κ1) is 23.6. The van der Waals surface area contributed by atoms with E-state index >= 15 is 0 Å². The van der Waals surface area contributed by atoms with Crippen LogP contribution in [0.3, 0.4) is 0 Å². The van der Waals surface area contributed by atoms with Crippen LogP contribution in [0.5, 0.6) is 0 Å². The lowest BCUT2D eigenvalue weighted by Crippen LogP contribution is -2.41. The number of carbonyl (C=O) groups excluding carboxylic acids is 2. The summed E-state index contributed by atoms with van der Waals surface area (Å²) in [6.07, 6.45) is 3.29. The summed E-state index contributed by atoms with van der Waals surface area (Å²) in [4.78, 5) is 39.1. The second-order valence-corrected chi connectivity index (χ2v) is 10.6. The van der Waals surface area contributed by atoms with Crippen LogP contribution in [0.4, 0.5) is 0 Å². The molecule has 4 rings (SSSR count). The Hall–Kier alpha value is -3.52. The number of aromatic nitrogens is 3. The topological polar surface area (TPSA) is 99.8 Å². The van der Waals surface area contributed by atoms with Gasteiger partial charge in [0.25, 0.3) is 11.8 Å². The quantitative estimate of drug-likeness (QED) is 0.362. The van der Waals surface area contributed by atoms with E-state index < -0.39 is 0 Å². The number of fused-ring (bicyclic) bond motifs is 1. The van der Waals surface area contributed by atoms with Crippen molar-refractivity contribution in [1.29, 1.82) is 0 Å². The van der Waals surface area contributed by atoms with Crippen molar-refractivity contribution < 1.29 is 9.59 Å². The van der Waals surface area contributed by atoms with Crippen LogP contribution in [0.15, 0.2) is 48.8 Å². The number of nitrogens with one attached hydrogen (secondary N) is 3. The van der Waals surface area contributed by atoms with Crippen LogP contribution in [0, 0.1) is 12.3 Å². The van der Waals surface area contributed by atoms with E-state index in [1.807, 2.05) is 44.2 Å². The summed E-state index contributed by atoms with van der Waals surface area (Å²) in [6.45, 7) is 10.7. The summed E-state index contributed by atoms with van der Waals surface area (Å²) >= 11 is 1.35. The molecule has 1 atom stereocenters. The lowest BCUT2D eigenvalue weighted by atomic mass is 9.88. The molecule has 34 heavy (non-hydrogen) atoms. The molecule has 0 unspecified atom stereocenters. The highest BCUT2D eigenvalue weighted by Crippen LogP contribution is 2.28. The highest BCUT2D eigenvalue weighted by atomic mass is 32.1. The van der Waals surface area contributed by atoms with Gasteiger partial charge in [-0.2, -0.15) is 0 Å². The molecule has 1 aromatic carbocycles. The fraction of sp³-hybridized carbons (Fsp3) is 0.308. The Kier molecular flexibility index (Phi) is 6.52. The molecule has 4 aromatic rings. The molecule has 2 amide bonds. The highest BCUT2D eigenvalue weighted by molar-refractivity contribution is 7.17. The van der Waals surface area contributed by atoms with E-state index in [1.165, 1.54) is 16.9 Å². The van der Waals surface area contributed by atoms with Gasteiger partial charge in [0, 0.05) is 18.8 Å². The molecular formula is C26H29N5O2S. The van der Waals surface area contributed by atoms with Gasteiger partial charge in [0.15, 0.2) is 5.65 Å². The maximum atomic E-state index is 12.9. The maximum Gasteiger partial charge on any atom is 0.261 e. The Bertz CT molecular complexity index is 1330. The van der Waals surface area contributed by atoms with E-state index in [1.54, 1.807) is 18.5 Å². The Morgan fingerprint density at radius 2 is 1.82 bits per heavy atom. The van der Waals surface area contributed by atoms with Gasteiger partial charge in [-0.25, -0.2) is 9.97 Å². The van der Waals surface area contributed by atoms with Crippen LogP contribution in [0.25, 0.3) is 21.7 Å². The average Bonchev–Trinajstić information content (AvgIpc) is 3.45. The SMILES string of the molecule is Cc1ccc(CNC(=O)c2ccc(-c3cnc4[nH]cc(C(=O)N[C@@H](C)C(C)(C)C)c4n3)s2)cc1. The van der Waals surface area contributed by atoms with E-state index in [-0.39, 0.29) is 23.3 Å². The highest BCUT2D eigenvalue weighted by Gasteiger charge is 2.24. The molecule has 176 valence electrons. The van der Waals surface area contributed by atoms with E-state index in [4.69, 9.17) is 4.98 Å². The Morgan fingerprint density at radius 1 is 1.09 bits per heavy atom. The molecule has 8 heteroatoms. The number of hydrogen-bond donors (Lipinski definition) is 3. The fourth-order valence-corrected chi connectivity index (χ4v) is 4.12. The van der Waals surface area contributed by atoms with Gasteiger partial charge in [-0.3, -0.25) is 9.59 Å². The van der Waals surface area contributed by atoms with Crippen molar-refractivity contribution in [3.8, 4) is 10.6 Å². The second-order valence-electron chi connectivity index (χ2n) is 9.55. The van der Waals surface area contributed by atoms with Gasteiger partial charge in [-0.05, 0) is 37.0 Å². The number of rotatable bonds is 6. The minimum atomic E-state index is -0.192. The van der Waals surface area contributed by atoms with Gasteiger partial charge in [-0.1, -0.05) is 50.6 Å². The average molecular weight is 476 g/mol. The number of nitrogens with zero attached hydrogens (tertiary/aromatic N) is 2. The minimum Gasteiger partial charge on any atom is -0.349 e.